The largest absolute Gasteiger partial charge is 0.368 e. The summed E-state index contributed by atoms with van der Waals surface area (Å²) >= 11 is 0. The first-order chi connectivity index (χ1) is 9.16. The summed E-state index contributed by atoms with van der Waals surface area (Å²) in [5, 5.41) is 3.17. The lowest BCUT2D eigenvalue weighted by molar-refractivity contribution is 0.311. The highest BCUT2D eigenvalue weighted by Gasteiger charge is 2.13. The number of nitrogens with one attached hydrogen (secondary N) is 1. The minimum atomic E-state index is -0.467. The molecule has 0 fully saturated rings. The van der Waals surface area contributed by atoms with E-state index in [1.165, 1.54) is 11.6 Å². The number of likely N-dealkylation sites (N-methyl/N-ethyl adjacent to an activating group) is 1. The predicted octanol–water partition coefficient (Wildman–Crippen LogP) is 2.94. The van der Waals surface area contributed by atoms with Gasteiger partial charge in [0.05, 0.1) is 6.04 Å². The lowest BCUT2D eigenvalue weighted by Crippen LogP contribution is -2.27. The standard InChI is InChI=1S/C15H18FN3/c1-19(2)13(12-7-4-3-5-8-12)11-17-15-10-6-9-14(16)18-15/h3-10,13H,11H2,1-2H3,(H,17,18). The average molecular weight is 259 g/mol. The molecule has 4 heteroatoms. The summed E-state index contributed by atoms with van der Waals surface area (Å²) in [4.78, 5) is 5.93. The molecule has 100 valence electrons. The Morgan fingerprint density at radius 1 is 1.11 bits per heavy atom. The van der Waals surface area contributed by atoms with E-state index in [0.29, 0.717) is 12.4 Å². The molecule has 1 aromatic carbocycles. The molecular weight excluding hydrogens is 241 g/mol. The van der Waals surface area contributed by atoms with Crippen molar-refractivity contribution < 1.29 is 4.39 Å². The first kappa shape index (κ1) is 13.5. The Kier molecular flexibility index (Phi) is 4.47. The van der Waals surface area contributed by atoms with Crippen LogP contribution < -0.4 is 5.32 Å². The molecule has 0 amide bonds. The van der Waals surface area contributed by atoms with E-state index in [9.17, 15) is 4.39 Å². The van der Waals surface area contributed by atoms with Gasteiger partial charge in [0.15, 0.2) is 0 Å². The second-order valence-corrected chi connectivity index (χ2v) is 4.62. The molecule has 0 aliphatic heterocycles. The van der Waals surface area contributed by atoms with Crippen LogP contribution in [0.5, 0.6) is 0 Å². The Morgan fingerprint density at radius 3 is 2.47 bits per heavy atom. The van der Waals surface area contributed by atoms with Crippen molar-refractivity contribution in [3.63, 3.8) is 0 Å². The number of pyridine rings is 1. The van der Waals surface area contributed by atoms with E-state index in [-0.39, 0.29) is 6.04 Å². The number of hydrogen-bond donors (Lipinski definition) is 1. The van der Waals surface area contributed by atoms with Crippen molar-refractivity contribution in [1.82, 2.24) is 9.88 Å². The van der Waals surface area contributed by atoms with Crippen LogP contribution in [0.4, 0.5) is 10.2 Å². The zero-order valence-corrected chi connectivity index (χ0v) is 11.2. The molecule has 1 heterocycles. The zero-order chi connectivity index (χ0) is 13.7. The van der Waals surface area contributed by atoms with Crippen molar-refractivity contribution in [2.75, 3.05) is 26.0 Å². The lowest BCUT2D eigenvalue weighted by atomic mass is 10.1. The minimum absolute atomic E-state index is 0.214. The van der Waals surface area contributed by atoms with E-state index in [1.54, 1.807) is 12.1 Å². The summed E-state index contributed by atoms with van der Waals surface area (Å²) in [6, 6.07) is 15.2. The van der Waals surface area contributed by atoms with Crippen LogP contribution in [0.25, 0.3) is 0 Å². The van der Waals surface area contributed by atoms with Gasteiger partial charge < -0.3 is 10.2 Å². The van der Waals surface area contributed by atoms with Gasteiger partial charge in [-0.1, -0.05) is 36.4 Å². The molecule has 3 nitrogen and oxygen atoms in total. The molecule has 0 aliphatic rings. The first-order valence-electron chi connectivity index (χ1n) is 6.24. The highest BCUT2D eigenvalue weighted by atomic mass is 19.1. The predicted molar refractivity (Wildman–Crippen MR) is 75.6 cm³/mol. The molecule has 2 rings (SSSR count). The minimum Gasteiger partial charge on any atom is -0.368 e. The lowest BCUT2D eigenvalue weighted by Gasteiger charge is -2.25. The van der Waals surface area contributed by atoms with E-state index in [1.807, 2.05) is 32.3 Å². The molecule has 0 bridgehead atoms. The van der Waals surface area contributed by atoms with E-state index < -0.39 is 5.95 Å². The Bertz CT molecular complexity index is 514. The second-order valence-electron chi connectivity index (χ2n) is 4.62. The van der Waals surface area contributed by atoms with Crippen molar-refractivity contribution >= 4 is 5.82 Å². The number of anilines is 1. The number of benzene rings is 1. The van der Waals surface area contributed by atoms with E-state index in [0.717, 1.165) is 0 Å². The Balaban J connectivity index is 2.06. The summed E-state index contributed by atoms with van der Waals surface area (Å²) in [5.74, 6) is 0.0916. The molecule has 19 heavy (non-hydrogen) atoms. The molecule has 1 atom stereocenters. The van der Waals surface area contributed by atoms with Gasteiger partial charge in [-0.05, 0) is 31.8 Å². The van der Waals surface area contributed by atoms with Crippen molar-refractivity contribution in [2.45, 2.75) is 6.04 Å². The highest BCUT2D eigenvalue weighted by molar-refractivity contribution is 5.34. The third-order valence-electron chi connectivity index (χ3n) is 3.00. The quantitative estimate of drug-likeness (QED) is 0.837. The average Bonchev–Trinajstić information content (AvgIpc) is 2.40. The van der Waals surface area contributed by atoms with E-state index in [2.05, 4.69) is 27.3 Å². The number of aromatic nitrogens is 1. The Hall–Kier alpha value is -1.94. The molecule has 2 aromatic rings. The molecule has 0 spiro atoms. The fraction of sp³-hybridized carbons (Fsp3) is 0.267. The van der Waals surface area contributed by atoms with Crippen LogP contribution >= 0.6 is 0 Å². The maximum Gasteiger partial charge on any atom is 0.214 e. The number of hydrogen-bond acceptors (Lipinski definition) is 3. The van der Waals surface area contributed by atoms with Crippen LogP contribution in [-0.4, -0.2) is 30.5 Å². The highest BCUT2D eigenvalue weighted by Crippen LogP contribution is 2.18. The van der Waals surface area contributed by atoms with Gasteiger partial charge in [0.1, 0.15) is 5.82 Å². The summed E-state index contributed by atoms with van der Waals surface area (Å²) < 4.78 is 13.0. The van der Waals surface area contributed by atoms with Gasteiger partial charge in [-0.3, -0.25) is 0 Å². The Morgan fingerprint density at radius 2 is 1.84 bits per heavy atom. The molecular formula is C15H18FN3. The second kappa shape index (κ2) is 6.29. The summed E-state index contributed by atoms with van der Waals surface area (Å²) in [5.41, 5.74) is 1.22. The van der Waals surface area contributed by atoms with Crippen LogP contribution in [0.2, 0.25) is 0 Å². The summed E-state index contributed by atoms with van der Waals surface area (Å²) in [6.07, 6.45) is 0. The summed E-state index contributed by atoms with van der Waals surface area (Å²) in [7, 11) is 4.05. The van der Waals surface area contributed by atoms with Crippen molar-refractivity contribution in [1.29, 1.82) is 0 Å². The van der Waals surface area contributed by atoms with Crippen LogP contribution in [0, 0.1) is 5.95 Å². The molecule has 0 saturated carbocycles. The normalized spacial score (nSPS) is 12.4. The number of halogens is 1. The topological polar surface area (TPSA) is 28.2 Å². The van der Waals surface area contributed by atoms with Gasteiger partial charge in [-0.2, -0.15) is 4.39 Å². The van der Waals surface area contributed by atoms with Crippen LogP contribution in [0.15, 0.2) is 48.5 Å². The molecule has 0 saturated heterocycles. The van der Waals surface area contributed by atoms with Gasteiger partial charge in [-0.15, -0.1) is 0 Å². The van der Waals surface area contributed by atoms with Gasteiger partial charge >= 0.3 is 0 Å². The maximum atomic E-state index is 13.0. The third kappa shape index (κ3) is 3.76. The fourth-order valence-corrected chi connectivity index (χ4v) is 1.98. The molecule has 1 aromatic heterocycles. The van der Waals surface area contributed by atoms with Crippen LogP contribution in [0.3, 0.4) is 0 Å². The van der Waals surface area contributed by atoms with Crippen LogP contribution in [0.1, 0.15) is 11.6 Å². The zero-order valence-electron chi connectivity index (χ0n) is 11.2. The SMILES string of the molecule is CN(C)C(CNc1cccc(F)n1)c1ccccc1. The summed E-state index contributed by atoms with van der Waals surface area (Å²) in [6.45, 7) is 0.674. The number of nitrogens with zero attached hydrogens (tertiary/aromatic N) is 2. The van der Waals surface area contributed by atoms with E-state index in [4.69, 9.17) is 0 Å². The Labute approximate surface area is 113 Å². The van der Waals surface area contributed by atoms with Crippen molar-refractivity contribution in [2.24, 2.45) is 0 Å². The molecule has 0 aliphatic carbocycles. The van der Waals surface area contributed by atoms with Gasteiger partial charge in [0.25, 0.3) is 0 Å². The van der Waals surface area contributed by atoms with Crippen molar-refractivity contribution in [3.05, 3.63) is 60.0 Å². The van der Waals surface area contributed by atoms with Crippen LogP contribution in [-0.2, 0) is 0 Å². The van der Waals surface area contributed by atoms with Gasteiger partial charge in [0, 0.05) is 6.54 Å². The molecule has 1 N–H and O–H groups in total. The maximum absolute atomic E-state index is 13.0. The fourth-order valence-electron chi connectivity index (χ4n) is 1.98. The van der Waals surface area contributed by atoms with Gasteiger partial charge in [-0.25, -0.2) is 4.98 Å². The number of rotatable bonds is 5. The smallest absolute Gasteiger partial charge is 0.214 e. The monoisotopic (exact) mass is 259 g/mol. The molecule has 0 radical (unpaired) electrons. The molecule has 1 unspecified atom stereocenters. The third-order valence-corrected chi connectivity index (χ3v) is 3.00. The first-order valence-corrected chi connectivity index (χ1v) is 6.24. The van der Waals surface area contributed by atoms with Crippen molar-refractivity contribution in [3.8, 4) is 0 Å². The van der Waals surface area contributed by atoms with Gasteiger partial charge in [0.2, 0.25) is 5.95 Å². The van der Waals surface area contributed by atoms with E-state index >= 15 is 0 Å².